The highest BCUT2D eigenvalue weighted by Crippen LogP contribution is 2.29. The molecule has 0 amide bonds. The van der Waals surface area contributed by atoms with E-state index in [1.165, 1.54) is 28.5 Å². The Morgan fingerprint density at radius 1 is 1.00 bits per heavy atom. The van der Waals surface area contributed by atoms with Gasteiger partial charge in [0.25, 0.3) is 0 Å². The van der Waals surface area contributed by atoms with Crippen LogP contribution in [0.2, 0.25) is 0 Å². The van der Waals surface area contributed by atoms with Gasteiger partial charge in [-0.05, 0) is 79.8 Å². The number of aliphatic imine (C=N–C) groups is 1. The largest absolute Gasteiger partial charge is 0.384 e. The van der Waals surface area contributed by atoms with E-state index in [0.29, 0.717) is 17.0 Å². The maximum Gasteiger partial charge on any atom is 0.0992 e. The molecular formula is C35H41FN4S2. The molecule has 4 nitrogen and oxygen atoms in total. The summed E-state index contributed by atoms with van der Waals surface area (Å²) in [6.45, 7) is 13.5. The van der Waals surface area contributed by atoms with Crippen molar-refractivity contribution < 1.29 is 3.89 Å². The highest BCUT2D eigenvalue weighted by molar-refractivity contribution is 8.26. The molecule has 0 aliphatic rings. The number of aryl methyl sites for hydroxylation is 1. The molecule has 0 spiro atoms. The van der Waals surface area contributed by atoms with Gasteiger partial charge in [0.2, 0.25) is 0 Å². The third-order valence-electron chi connectivity index (χ3n) is 6.27. The monoisotopic (exact) mass is 600 g/mol. The maximum absolute atomic E-state index is 11.9. The van der Waals surface area contributed by atoms with Crippen molar-refractivity contribution in [1.29, 1.82) is 5.26 Å². The van der Waals surface area contributed by atoms with Gasteiger partial charge in [0, 0.05) is 36.9 Å². The molecule has 42 heavy (non-hydrogen) atoms. The number of rotatable bonds is 11. The normalized spacial score (nSPS) is 11.3. The van der Waals surface area contributed by atoms with E-state index in [2.05, 4.69) is 95.7 Å². The van der Waals surface area contributed by atoms with Gasteiger partial charge in [0.05, 0.1) is 28.7 Å². The van der Waals surface area contributed by atoms with Crippen molar-refractivity contribution in [2.24, 2.45) is 4.99 Å². The topological polar surface area (TPSA) is 60.2 Å². The fourth-order valence-corrected chi connectivity index (χ4v) is 5.40. The van der Waals surface area contributed by atoms with Crippen molar-refractivity contribution in [3.8, 4) is 6.07 Å². The van der Waals surface area contributed by atoms with Crippen LogP contribution in [0.15, 0.2) is 112 Å². The Morgan fingerprint density at radius 2 is 1.64 bits per heavy atom. The molecule has 7 heteroatoms. The smallest absolute Gasteiger partial charge is 0.0992 e. The van der Waals surface area contributed by atoms with Crippen LogP contribution in [0.5, 0.6) is 0 Å². The molecule has 0 heterocycles. The minimum absolute atomic E-state index is 0.233. The van der Waals surface area contributed by atoms with Gasteiger partial charge < -0.3 is 5.32 Å². The summed E-state index contributed by atoms with van der Waals surface area (Å²) in [6.07, 6.45) is 3.60. The van der Waals surface area contributed by atoms with Crippen LogP contribution in [0, 0.1) is 18.3 Å². The maximum atomic E-state index is 11.9. The summed E-state index contributed by atoms with van der Waals surface area (Å²) >= 11 is 0.233. The van der Waals surface area contributed by atoms with Gasteiger partial charge in [0.1, 0.15) is 0 Å². The van der Waals surface area contributed by atoms with Gasteiger partial charge in [-0.15, -0.1) is 9.39 Å². The van der Waals surface area contributed by atoms with E-state index in [-0.39, 0.29) is 12.1 Å². The third-order valence-corrected chi connectivity index (χ3v) is 8.80. The van der Waals surface area contributed by atoms with Crippen molar-refractivity contribution in [3.05, 3.63) is 129 Å². The van der Waals surface area contributed by atoms with Crippen LogP contribution in [0.3, 0.4) is 0 Å². The van der Waals surface area contributed by atoms with Crippen LogP contribution in [0.1, 0.15) is 48.6 Å². The molecular weight excluding hydrogens is 560 g/mol. The van der Waals surface area contributed by atoms with Gasteiger partial charge in [-0.25, -0.2) is 0 Å². The minimum Gasteiger partial charge on any atom is -0.384 e. The molecule has 3 rings (SSSR count). The summed E-state index contributed by atoms with van der Waals surface area (Å²) in [7, 11) is -0.0653. The molecule has 220 valence electrons. The molecule has 0 aliphatic heterocycles. The van der Waals surface area contributed by atoms with E-state index >= 15 is 0 Å². The summed E-state index contributed by atoms with van der Waals surface area (Å²) in [5.41, 5.74) is 8.43. The lowest BCUT2D eigenvalue weighted by Crippen LogP contribution is -2.12. The van der Waals surface area contributed by atoms with E-state index in [1.807, 2.05) is 44.2 Å². The predicted octanol–water partition coefficient (Wildman–Crippen LogP) is 8.90. The number of hydrogen-bond acceptors (Lipinski definition) is 5. The summed E-state index contributed by atoms with van der Waals surface area (Å²) in [4.78, 5) is 5.25. The lowest BCUT2D eigenvalue weighted by atomic mass is 10.0. The van der Waals surface area contributed by atoms with Crippen molar-refractivity contribution in [1.82, 2.24) is 10.0 Å². The Balaban J connectivity index is 0.000000592. The standard InChI is InChI=1S/C29H31N3S.C6H10FNS/c1-22-9-6-7-12-29(22)23(2)17-24(3)31-20-25-13-15-26(16-14-25)21-32-33(4,5)28-11-8-10-27(18-28)19-30;1-5(2)6(9-7)4-8-3/h6-18,31-32H,2,4-5,20-21H2,1,3H3;4H,1-3H3/b24-17+;. The van der Waals surface area contributed by atoms with Gasteiger partial charge in [-0.2, -0.15) is 9.15 Å². The minimum atomic E-state index is -1.69. The fourth-order valence-electron chi connectivity index (χ4n) is 3.80. The van der Waals surface area contributed by atoms with Crippen LogP contribution in [-0.2, 0) is 13.1 Å². The number of nitrogens with one attached hydrogen (secondary N) is 2. The zero-order chi connectivity index (χ0) is 31.1. The first kappa shape index (κ1) is 34.4. The Labute approximate surface area is 256 Å². The summed E-state index contributed by atoms with van der Waals surface area (Å²) in [6, 6.07) is 26.5. The quantitative estimate of drug-likeness (QED) is 0.131. The molecule has 0 aromatic heterocycles. The first-order valence-electron chi connectivity index (χ1n) is 13.4. The predicted molar refractivity (Wildman–Crippen MR) is 187 cm³/mol. The number of halogens is 1. The van der Waals surface area contributed by atoms with E-state index in [0.717, 1.165) is 28.3 Å². The second-order valence-corrected chi connectivity index (χ2v) is 13.1. The summed E-state index contributed by atoms with van der Waals surface area (Å²) < 4.78 is 15.3. The van der Waals surface area contributed by atoms with Crippen molar-refractivity contribution in [2.45, 2.75) is 45.7 Å². The second-order valence-electron chi connectivity index (χ2n) is 10.0. The first-order valence-corrected chi connectivity index (χ1v) is 16.1. The Bertz CT molecular complexity index is 1590. The fraction of sp³-hybridized carbons (Fsp3) is 0.200. The lowest BCUT2D eigenvalue weighted by molar-refractivity contribution is 0.811. The Morgan fingerprint density at radius 3 is 2.19 bits per heavy atom. The zero-order valence-corrected chi connectivity index (χ0v) is 26.8. The van der Waals surface area contributed by atoms with E-state index < -0.39 is 9.39 Å². The molecule has 2 N–H and O–H groups in total. The molecule has 0 saturated carbocycles. The van der Waals surface area contributed by atoms with Crippen LogP contribution < -0.4 is 10.0 Å². The van der Waals surface area contributed by atoms with E-state index in [9.17, 15) is 3.89 Å². The van der Waals surface area contributed by atoms with Crippen molar-refractivity contribution in [3.63, 3.8) is 0 Å². The van der Waals surface area contributed by atoms with Crippen molar-refractivity contribution in [2.75, 3.05) is 7.05 Å². The van der Waals surface area contributed by atoms with Crippen LogP contribution >= 0.6 is 21.5 Å². The highest BCUT2D eigenvalue weighted by Gasteiger charge is 2.04. The average Bonchev–Trinajstić information content (AvgIpc) is 2.98. The molecule has 0 aliphatic carbocycles. The van der Waals surface area contributed by atoms with E-state index in [4.69, 9.17) is 5.26 Å². The highest BCUT2D eigenvalue weighted by atomic mass is 32.2. The number of nitrogens with zero attached hydrogens (tertiary/aromatic N) is 2. The molecule has 3 aromatic rings. The van der Waals surface area contributed by atoms with Gasteiger partial charge in [-0.3, -0.25) is 9.71 Å². The molecule has 0 saturated heterocycles. The first-order chi connectivity index (χ1) is 20.0. The summed E-state index contributed by atoms with van der Waals surface area (Å²) in [5, 5.41) is 12.6. The SMILES string of the molecule is C=C(/C=C(\C)NCc1ccc(CNS(=C)(=C)c2cccc(C#N)c2)cc1)c1ccccc1C.CN=CC(SF)=C(C)C. The second kappa shape index (κ2) is 17.2. The molecule has 0 fully saturated rings. The molecule has 0 radical (unpaired) electrons. The molecule has 0 atom stereocenters. The Kier molecular flexibility index (Phi) is 14.1. The summed E-state index contributed by atoms with van der Waals surface area (Å²) in [5.74, 6) is 8.55. The van der Waals surface area contributed by atoms with Gasteiger partial charge in [0.15, 0.2) is 0 Å². The third kappa shape index (κ3) is 11.2. The Hall–Kier alpha value is -3.83. The van der Waals surface area contributed by atoms with Gasteiger partial charge in [-0.1, -0.05) is 78.5 Å². The number of benzene rings is 3. The molecule has 3 aromatic carbocycles. The average molecular weight is 601 g/mol. The van der Waals surface area contributed by atoms with Crippen LogP contribution in [0.25, 0.3) is 5.57 Å². The molecule has 0 unspecified atom stereocenters. The van der Waals surface area contributed by atoms with Crippen LogP contribution in [0.4, 0.5) is 3.89 Å². The number of allylic oxidation sites excluding steroid dienone is 5. The number of nitriles is 1. The van der Waals surface area contributed by atoms with Gasteiger partial charge >= 0.3 is 0 Å². The molecule has 0 bridgehead atoms. The zero-order valence-electron chi connectivity index (χ0n) is 25.2. The lowest BCUT2D eigenvalue weighted by Gasteiger charge is -2.17. The van der Waals surface area contributed by atoms with Crippen LogP contribution in [-0.4, -0.2) is 25.0 Å². The number of hydrogen-bond donors (Lipinski definition) is 2. The van der Waals surface area contributed by atoms with E-state index in [1.54, 1.807) is 13.1 Å². The van der Waals surface area contributed by atoms with Crippen molar-refractivity contribution >= 4 is 45.1 Å².